The molecule has 4 aliphatic rings. The molecule has 4 heterocycles. The molecule has 47 heavy (non-hydrogen) atoms. The largest absolute Gasteiger partial charge is 0.369 e. The van der Waals surface area contributed by atoms with Crippen molar-refractivity contribution < 1.29 is 24.0 Å². The summed E-state index contributed by atoms with van der Waals surface area (Å²) in [6.07, 6.45) is 5.65. The first-order chi connectivity index (χ1) is 22.5. The van der Waals surface area contributed by atoms with E-state index in [-0.39, 0.29) is 35.8 Å². The van der Waals surface area contributed by atoms with Gasteiger partial charge in [0.15, 0.2) is 0 Å². The number of hydrogen-bond donors (Lipinski definition) is 2. The molecule has 12 heteroatoms. The van der Waals surface area contributed by atoms with Gasteiger partial charge >= 0.3 is 0 Å². The molecule has 1 aromatic heterocycles. The average molecular weight is 630 g/mol. The third kappa shape index (κ3) is 5.42. The molecular weight excluding hydrogens is 598 g/mol. The summed E-state index contributed by atoms with van der Waals surface area (Å²) < 4.78 is 1.60. The van der Waals surface area contributed by atoms with Crippen LogP contribution in [0.2, 0.25) is 0 Å². The highest BCUT2D eigenvalue weighted by Gasteiger charge is 2.45. The number of nitriles is 1. The maximum Gasteiger partial charge on any atom is 0.262 e. The molecule has 2 N–H and O–H groups in total. The van der Waals surface area contributed by atoms with Crippen LogP contribution in [0.15, 0.2) is 48.8 Å². The molecule has 1 aliphatic carbocycles. The second-order valence-electron chi connectivity index (χ2n) is 12.9. The van der Waals surface area contributed by atoms with Gasteiger partial charge in [-0.15, -0.1) is 0 Å². The molecule has 1 atom stereocenters. The third-order valence-corrected chi connectivity index (χ3v) is 9.25. The Balaban J connectivity index is 0.976. The number of nitrogens with one attached hydrogen (secondary N) is 2. The summed E-state index contributed by atoms with van der Waals surface area (Å²) >= 11 is 0. The second kappa shape index (κ2) is 11.2. The van der Waals surface area contributed by atoms with Crippen molar-refractivity contribution in [2.24, 2.45) is 5.92 Å². The zero-order chi connectivity index (χ0) is 33.0. The summed E-state index contributed by atoms with van der Waals surface area (Å²) in [5, 5.41) is 19.0. The van der Waals surface area contributed by atoms with Crippen molar-refractivity contribution in [2.45, 2.75) is 57.0 Å². The fraction of sp³-hybridized carbons (Fsp3) is 0.343. The number of fused-ring (bicyclic) bond motifs is 1. The number of hydrogen-bond acceptors (Lipinski definition) is 8. The summed E-state index contributed by atoms with van der Waals surface area (Å²) in [5.41, 5.74) is 3.23. The van der Waals surface area contributed by atoms with Crippen molar-refractivity contribution in [1.29, 1.82) is 5.26 Å². The number of benzene rings is 2. The van der Waals surface area contributed by atoms with Crippen molar-refractivity contribution in [1.82, 2.24) is 20.0 Å². The number of amides is 5. The Hall–Kier alpha value is -5.75. The van der Waals surface area contributed by atoms with E-state index >= 15 is 0 Å². The quantitative estimate of drug-likeness (QED) is 0.311. The average Bonchev–Trinajstić information content (AvgIpc) is 3.71. The van der Waals surface area contributed by atoms with Gasteiger partial charge in [0.05, 0.1) is 40.4 Å². The zero-order valence-corrected chi connectivity index (χ0v) is 25.9. The number of carbonyl (C=O) groups is 5. The van der Waals surface area contributed by atoms with Gasteiger partial charge < -0.3 is 10.2 Å². The van der Waals surface area contributed by atoms with Gasteiger partial charge in [-0.25, -0.2) is 0 Å². The smallest absolute Gasteiger partial charge is 0.262 e. The second-order valence-corrected chi connectivity index (χ2v) is 12.9. The van der Waals surface area contributed by atoms with Gasteiger partial charge in [0.1, 0.15) is 11.6 Å². The molecule has 0 bridgehead atoms. The van der Waals surface area contributed by atoms with Gasteiger partial charge in [0, 0.05) is 37.1 Å². The fourth-order valence-corrected chi connectivity index (χ4v) is 6.17. The van der Waals surface area contributed by atoms with Crippen molar-refractivity contribution in [3.63, 3.8) is 0 Å². The first-order valence-electron chi connectivity index (χ1n) is 15.6. The number of piperidine rings is 1. The van der Waals surface area contributed by atoms with Crippen LogP contribution in [0.25, 0.3) is 0 Å². The lowest BCUT2D eigenvalue weighted by Crippen LogP contribution is -2.54. The third-order valence-electron chi connectivity index (χ3n) is 9.25. The molecule has 5 amide bonds. The van der Waals surface area contributed by atoms with Crippen LogP contribution in [0, 0.1) is 29.1 Å². The van der Waals surface area contributed by atoms with Crippen molar-refractivity contribution in [3.8, 4) is 17.9 Å². The van der Waals surface area contributed by atoms with E-state index in [1.807, 2.05) is 6.07 Å². The van der Waals surface area contributed by atoms with Gasteiger partial charge in [-0.1, -0.05) is 11.8 Å². The van der Waals surface area contributed by atoms with E-state index in [1.165, 1.54) is 0 Å². The topological polar surface area (TPSA) is 158 Å². The number of anilines is 2. The maximum atomic E-state index is 13.4. The van der Waals surface area contributed by atoms with Gasteiger partial charge in [-0.05, 0) is 81.0 Å². The van der Waals surface area contributed by atoms with Crippen LogP contribution < -0.4 is 15.5 Å². The summed E-state index contributed by atoms with van der Waals surface area (Å²) in [5.74, 6) is 4.51. The molecular formula is C35H31N7O5. The molecule has 2 aromatic carbocycles. The molecule has 2 saturated heterocycles. The molecule has 236 valence electrons. The maximum absolute atomic E-state index is 13.4. The van der Waals surface area contributed by atoms with Crippen LogP contribution in [-0.4, -0.2) is 63.3 Å². The summed E-state index contributed by atoms with van der Waals surface area (Å²) in [6, 6.07) is 11.6. The standard InChI is InChI=1S/C35H31N7O5/c1-35(2,34(47)38-28-10-5-20(15-36)13-26(28)23-6-7-23)41-19-21(16-37-41)3-4-22-17-40(18-22)24-8-9-25-27(14-24)33(46)42(32(25)45)29-11-12-30(43)39-31(29)44/h5,8-10,13-14,16,19,22-23,29H,6-7,11-12,17-18H2,1-2H3,(H,38,47)(H,39,43,44). The Morgan fingerprint density at radius 1 is 1.00 bits per heavy atom. The van der Waals surface area contributed by atoms with Crippen LogP contribution >= 0.6 is 0 Å². The Bertz CT molecular complexity index is 1980. The highest BCUT2D eigenvalue weighted by Crippen LogP contribution is 2.44. The fourth-order valence-electron chi connectivity index (χ4n) is 6.17. The number of nitrogens with zero attached hydrogens (tertiary/aromatic N) is 5. The number of aromatic nitrogens is 2. The molecule has 12 nitrogen and oxygen atoms in total. The van der Waals surface area contributed by atoms with E-state index < -0.39 is 35.2 Å². The summed E-state index contributed by atoms with van der Waals surface area (Å²) in [4.78, 5) is 66.4. The molecule has 7 rings (SSSR count). The van der Waals surface area contributed by atoms with Crippen LogP contribution in [0.3, 0.4) is 0 Å². The SMILES string of the molecule is CC(C)(C(=O)Nc1ccc(C#N)cc1C1CC1)n1cc(C#CC2CN(c3ccc4c(c3)C(=O)N(C3CCC(=O)NC3=O)C4=O)C2)cn1. The Labute approximate surface area is 270 Å². The van der Waals surface area contributed by atoms with Crippen molar-refractivity contribution in [2.75, 3.05) is 23.3 Å². The molecule has 3 aliphatic heterocycles. The highest BCUT2D eigenvalue weighted by molar-refractivity contribution is 6.23. The molecule has 3 aromatic rings. The van der Waals surface area contributed by atoms with Crippen LogP contribution in [0.1, 0.15) is 82.9 Å². The minimum atomic E-state index is -1.00. The lowest BCUT2D eigenvalue weighted by atomic mass is 9.98. The Morgan fingerprint density at radius 3 is 2.49 bits per heavy atom. The van der Waals surface area contributed by atoms with Gasteiger partial charge in [-0.3, -0.25) is 38.9 Å². The van der Waals surface area contributed by atoms with Crippen molar-refractivity contribution in [3.05, 3.63) is 76.6 Å². The number of rotatable bonds is 6. The zero-order valence-electron chi connectivity index (χ0n) is 25.9. The van der Waals surface area contributed by atoms with E-state index in [9.17, 15) is 29.2 Å². The van der Waals surface area contributed by atoms with E-state index in [1.54, 1.807) is 61.3 Å². The molecule has 0 spiro atoms. The lowest BCUT2D eigenvalue weighted by molar-refractivity contribution is -0.136. The monoisotopic (exact) mass is 629 g/mol. The van der Waals surface area contributed by atoms with E-state index in [0.29, 0.717) is 30.1 Å². The van der Waals surface area contributed by atoms with Gasteiger partial charge in [-0.2, -0.15) is 10.4 Å². The molecule has 0 radical (unpaired) electrons. The summed E-state index contributed by atoms with van der Waals surface area (Å²) in [6.45, 7) is 4.83. The van der Waals surface area contributed by atoms with E-state index in [4.69, 9.17) is 0 Å². The first kappa shape index (κ1) is 29.9. The lowest BCUT2D eigenvalue weighted by Gasteiger charge is -2.38. The molecule has 1 saturated carbocycles. The van der Waals surface area contributed by atoms with E-state index in [2.05, 4.69) is 38.5 Å². The van der Waals surface area contributed by atoms with Gasteiger partial charge in [0.2, 0.25) is 11.8 Å². The molecule has 3 fully saturated rings. The van der Waals surface area contributed by atoms with E-state index in [0.717, 1.165) is 34.7 Å². The Kier molecular flexibility index (Phi) is 7.16. The first-order valence-corrected chi connectivity index (χ1v) is 15.6. The number of imide groups is 2. The van der Waals surface area contributed by atoms with Crippen LogP contribution in [0.5, 0.6) is 0 Å². The highest BCUT2D eigenvalue weighted by atomic mass is 16.2. The predicted octanol–water partition coefficient (Wildman–Crippen LogP) is 2.90. The van der Waals surface area contributed by atoms with Crippen molar-refractivity contribution >= 4 is 40.9 Å². The van der Waals surface area contributed by atoms with Crippen LogP contribution in [-0.2, 0) is 19.9 Å². The number of carbonyl (C=O) groups excluding carboxylic acids is 5. The van der Waals surface area contributed by atoms with Crippen LogP contribution in [0.4, 0.5) is 11.4 Å². The van der Waals surface area contributed by atoms with Gasteiger partial charge in [0.25, 0.3) is 17.7 Å². The summed E-state index contributed by atoms with van der Waals surface area (Å²) in [7, 11) is 0. The predicted molar refractivity (Wildman–Crippen MR) is 169 cm³/mol. The Morgan fingerprint density at radius 2 is 1.77 bits per heavy atom. The minimum absolute atomic E-state index is 0.0671. The minimum Gasteiger partial charge on any atom is -0.369 e. The molecule has 1 unspecified atom stereocenters. The normalized spacial score (nSPS) is 19.4.